The zero-order chi connectivity index (χ0) is 24.9. The van der Waals surface area contributed by atoms with Crippen LogP contribution in [0.2, 0.25) is 0 Å². The van der Waals surface area contributed by atoms with Gasteiger partial charge in [0.05, 0.1) is 13.3 Å². The summed E-state index contributed by atoms with van der Waals surface area (Å²) < 4.78 is 5.31. The lowest BCUT2D eigenvalue weighted by Gasteiger charge is -2.17. The van der Waals surface area contributed by atoms with E-state index in [-0.39, 0.29) is 5.91 Å². The number of carbonyl (C=O) groups excluding carboxylic acids is 1. The van der Waals surface area contributed by atoms with E-state index in [4.69, 9.17) is 4.74 Å². The lowest BCUT2D eigenvalue weighted by Crippen LogP contribution is -2.26. The largest absolute Gasteiger partial charge is 0.497 e. The van der Waals surface area contributed by atoms with Crippen molar-refractivity contribution in [1.82, 2.24) is 25.4 Å². The minimum atomic E-state index is -0.137. The van der Waals surface area contributed by atoms with Gasteiger partial charge in [0.25, 0.3) is 5.91 Å². The van der Waals surface area contributed by atoms with E-state index in [2.05, 4.69) is 62.8 Å². The third kappa shape index (κ3) is 5.16. The van der Waals surface area contributed by atoms with Crippen molar-refractivity contribution < 1.29 is 9.53 Å². The Morgan fingerprint density at radius 3 is 2.58 bits per heavy atom. The number of benzene rings is 3. The van der Waals surface area contributed by atoms with Crippen LogP contribution in [0, 0.1) is 0 Å². The van der Waals surface area contributed by atoms with Crippen LogP contribution in [0.5, 0.6) is 5.75 Å². The zero-order valence-electron chi connectivity index (χ0n) is 20.4. The maximum atomic E-state index is 13.4. The van der Waals surface area contributed by atoms with Gasteiger partial charge in [-0.1, -0.05) is 54.6 Å². The summed E-state index contributed by atoms with van der Waals surface area (Å²) in [7, 11) is 3.71. The van der Waals surface area contributed by atoms with Crippen molar-refractivity contribution in [3.63, 3.8) is 0 Å². The van der Waals surface area contributed by atoms with Crippen molar-refractivity contribution in [2.45, 2.75) is 19.6 Å². The standard InChI is InChI=1S/C29H29N5O2/c1-34(18-20-7-4-3-5-8-20)19-26-25-12-11-22(23-16-31-32-17-23)14-27(25)33-28(26)29(35)30-15-21-9-6-10-24(13-21)36-2/h3-14,16-17,33H,15,18-19H2,1-2H3,(H,30,35)(H,31,32). The van der Waals surface area contributed by atoms with Crippen LogP contribution < -0.4 is 10.1 Å². The fourth-order valence-corrected chi connectivity index (χ4v) is 4.48. The number of carbonyl (C=O) groups is 1. The Labute approximate surface area is 210 Å². The highest BCUT2D eigenvalue weighted by atomic mass is 16.5. The zero-order valence-corrected chi connectivity index (χ0v) is 20.4. The van der Waals surface area contributed by atoms with E-state index in [9.17, 15) is 4.79 Å². The number of aromatic amines is 2. The van der Waals surface area contributed by atoms with Crippen LogP contribution in [0.15, 0.2) is 85.2 Å². The topological polar surface area (TPSA) is 86.0 Å². The van der Waals surface area contributed by atoms with Crippen LogP contribution in [0.4, 0.5) is 0 Å². The number of hydrogen-bond donors (Lipinski definition) is 3. The maximum absolute atomic E-state index is 13.4. The molecule has 7 heteroatoms. The highest BCUT2D eigenvalue weighted by Gasteiger charge is 2.20. The minimum absolute atomic E-state index is 0.137. The first kappa shape index (κ1) is 23.4. The molecule has 5 aromatic rings. The minimum Gasteiger partial charge on any atom is -0.497 e. The maximum Gasteiger partial charge on any atom is 0.268 e. The molecule has 0 radical (unpaired) electrons. The lowest BCUT2D eigenvalue weighted by atomic mass is 10.0. The molecule has 3 N–H and O–H groups in total. The normalized spacial score (nSPS) is 11.2. The second-order valence-electron chi connectivity index (χ2n) is 8.92. The number of aromatic nitrogens is 3. The Balaban J connectivity index is 1.44. The van der Waals surface area contributed by atoms with Crippen molar-refractivity contribution in [3.05, 3.63) is 108 Å². The molecule has 7 nitrogen and oxygen atoms in total. The molecule has 0 saturated carbocycles. The number of fused-ring (bicyclic) bond motifs is 1. The number of hydrogen-bond acceptors (Lipinski definition) is 4. The molecule has 0 saturated heterocycles. The van der Waals surface area contributed by atoms with Gasteiger partial charge in [0.1, 0.15) is 11.4 Å². The first-order valence-electron chi connectivity index (χ1n) is 11.9. The summed E-state index contributed by atoms with van der Waals surface area (Å²) in [5, 5.41) is 11.0. The summed E-state index contributed by atoms with van der Waals surface area (Å²) in [6, 6.07) is 24.3. The van der Waals surface area contributed by atoms with Gasteiger partial charge in [-0.15, -0.1) is 0 Å². The van der Waals surface area contributed by atoms with Crippen LogP contribution in [0.1, 0.15) is 27.2 Å². The van der Waals surface area contributed by atoms with Gasteiger partial charge < -0.3 is 15.0 Å². The lowest BCUT2D eigenvalue weighted by molar-refractivity contribution is 0.0945. The Hall–Kier alpha value is -4.36. The van der Waals surface area contributed by atoms with E-state index in [1.54, 1.807) is 13.3 Å². The molecule has 2 aromatic heterocycles. The summed E-state index contributed by atoms with van der Waals surface area (Å²) in [5.41, 5.74) is 6.71. The predicted octanol–water partition coefficient (Wildman–Crippen LogP) is 5.13. The number of nitrogens with one attached hydrogen (secondary N) is 3. The van der Waals surface area contributed by atoms with Gasteiger partial charge in [-0.3, -0.25) is 14.8 Å². The number of H-pyrrole nitrogens is 2. The van der Waals surface area contributed by atoms with Gasteiger partial charge >= 0.3 is 0 Å². The van der Waals surface area contributed by atoms with E-state index in [1.165, 1.54) is 5.56 Å². The molecule has 0 aliphatic rings. The molecular weight excluding hydrogens is 450 g/mol. The molecule has 1 amide bonds. The quantitative estimate of drug-likeness (QED) is 0.274. The Morgan fingerprint density at radius 2 is 1.81 bits per heavy atom. The molecule has 36 heavy (non-hydrogen) atoms. The van der Waals surface area contributed by atoms with Gasteiger partial charge in [-0.05, 0) is 41.9 Å². The van der Waals surface area contributed by atoms with Crippen molar-refractivity contribution in [1.29, 1.82) is 0 Å². The van der Waals surface area contributed by atoms with Crippen molar-refractivity contribution in [2.75, 3.05) is 14.2 Å². The molecule has 5 rings (SSSR count). The third-order valence-electron chi connectivity index (χ3n) is 6.28. The number of nitrogens with zero attached hydrogens (tertiary/aromatic N) is 2. The van der Waals surface area contributed by atoms with E-state index in [0.29, 0.717) is 18.8 Å². The van der Waals surface area contributed by atoms with Gasteiger partial charge in [0.2, 0.25) is 0 Å². The second kappa shape index (κ2) is 10.5. The molecule has 0 atom stereocenters. The summed E-state index contributed by atoms with van der Waals surface area (Å²) in [5.74, 6) is 0.629. The van der Waals surface area contributed by atoms with Gasteiger partial charge in [0.15, 0.2) is 0 Å². The van der Waals surface area contributed by atoms with Gasteiger partial charge in [-0.25, -0.2) is 0 Å². The average molecular weight is 480 g/mol. The fraction of sp³-hybridized carbons (Fsp3) is 0.172. The first-order chi connectivity index (χ1) is 17.6. The van der Waals surface area contributed by atoms with E-state index >= 15 is 0 Å². The highest BCUT2D eigenvalue weighted by Crippen LogP contribution is 2.29. The molecule has 0 aliphatic heterocycles. The number of ether oxygens (including phenoxy) is 1. The van der Waals surface area contributed by atoms with Crippen molar-refractivity contribution in [2.24, 2.45) is 0 Å². The number of rotatable bonds is 9. The van der Waals surface area contributed by atoms with Crippen LogP contribution in [-0.4, -0.2) is 40.1 Å². The summed E-state index contributed by atoms with van der Waals surface area (Å²) in [6.45, 7) is 1.82. The predicted molar refractivity (Wildman–Crippen MR) is 142 cm³/mol. The van der Waals surface area contributed by atoms with Gasteiger partial charge in [-0.2, -0.15) is 5.10 Å². The Kier molecular flexibility index (Phi) is 6.82. The smallest absolute Gasteiger partial charge is 0.268 e. The number of methoxy groups -OCH3 is 1. The van der Waals surface area contributed by atoms with Crippen LogP contribution in [-0.2, 0) is 19.6 Å². The average Bonchev–Trinajstić information content (AvgIpc) is 3.56. The second-order valence-corrected chi connectivity index (χ2v) is 8.92. The number of amides is 1. The summed E-state index contributed by atoms with van der Waals surface area (Å²) in [4.78, 5) is 19.0. The molecule has 0 spiro atoms. The molecule has 2 heterocycles. The van der Waals surface area contributed by atoms with E-state index < -0.39 is 0 Å². The summed E-state index contributed by atoms with van der Waals surface area (Å²) in [6.07, 6.45) is 3.65. The first-order valence-corrected chi connectivity index (χ1v) is 11.9. The highest BCUT2D eigenvalue weighted by molar-refractivity contribution is 6.01. The molecule has 0 aliphatic carbocycles. The van der Waals surface area contributed by atoms with Crippen LogP contribution in [0.25, 0.3) is 22.0 Å². The SMILES string of the molecule is COc1cccc(CNC(=O)c2[nH]c3cc(-c4cn[nH]c4)ccc3c2CN(C)Cc2ccccc2)c1. The molecule has 0 unspecified atom stereocenters. The molecule has 182 valence electrons. The molecule has 3 aromatic carbocycles. The fourth-order valence-electron chi connectivity index (χ4n) is 4.48. The van der Waals surface area contributed by atoms with Crippen LogP contribution >= 0.6 is 0 Å². The van der Waals surface area contributed by atoms with E-state index in [0.717, 1.165) is 45.5 Å². The molecular formula is C29H29N5O2. The Bertz CT molecular complexity index is 1460. The monoisotopic (exact) mass is 479 g/mol. The third-order valence-corrected chi connectivity index (χ3v) is 6.28. The van der Waals surface area contributed by atoms with Crippen molar-refractivity contribution in [3.8, 4) is 16.9 Å². The van der Waals surface area contributed by atoms with Crippen molar-refractivity contribution >= 4 is 16.8 Å². The molecule has 0 fully saturated rings. The van der Waals surface area contributed by atoms with Crippen LogP contribution in [0.3, 0.4) is 0 Å². The van der Waals surface area contributed by atoms with E-state index in [1.807, 2.05) is 48.7 Å². The Morgan fingerprint density at radius 1 is 0.972 bits per heavy atom. The summed E-state index contributed by atoms with van der Waals surface area (Å²) >= 11 is 0. The molecule has 0 bridgehead atoms. The van der Waals surface area contributed by atoms with Gasteiger partial charge in [0, 0.05) is 47.9 Å².